The van der Waals surface area contributed by atoms with E-state index in [1.807, 2.05) is 26.0 Å². The molecule has 2 N–H and O–H groups in total. The minimum Gasteiger partial charge on any atom is -0.426 e. The van der Waals surface area contributed by atoms with E-state index in [4.69, 9.17) is 10.5 Å². The van der Waals surface area contributed by atoms with Crippen molar-refractivity contribution in [3.05, 3.63) is 63.7 Å². The first-order valence-electron chi connectivity index (χ1n) is 8.67. The highest BCUT2D eigenvalue weighted by molar-refractivity contribution is 5.96. The van der Waals surface area contributed by atoms with E-state index in [1.54, 1.807) is 0 Å². The lowest BCUT2D eigenvalue weighted by atomic mass is 9.93. The average molecular weight is 331 g/mol. The van der Waals surface area contributed by atoms with Crippen molar-refractivity contribution in [1.29, 1.82) is 0 Å². The summed E-state index contributed by atoms with van der Waals surface area (Å²) in [7, 11) is 0. The summed E-state index contributed by atoms with van der Waals surface area (Å²) in [6, 6.07) is 8.01. The number of hydrogen-bond donors (Lipinski definition) is 1. The van der Waals surface area contributed by atoms with Crippen molar-refractivity contribution in [3.8, 4) is 0 Å². The Hall–Kier alpha value is -2.65. The predicted octanol–water partition coefficient (Wildman–Crippen LogP) is 2.39. The molecule has 4 rings (SSSR count). The largest absolute Gasteiger partial charge is 0.426 e. The number of ether oxygens (including phenoxy) is 1. The number of benzene rings is 2. The third-order valence-corrected chi connectivity index (χ3v) is 4.98. The summed E-state index contributed by atoms with van der Waals surface area (Å²) >= 11 is 0. The molecule has 0 aliphatic heterocycles. The van der Waals surface area contributed by atoms with Crippen LogP contribution in [0.15, 0.2) is 42.2 Å². The Labute approximate surface area is 146 Å². The Morgan fingerprint density at radius 2 is 1.88 bits per heavy atom. The van der Waals surface area contributed by atoms with Crippen LogP contribution >= 0.6 is 0 Å². The number of hydrogen-bond acceptors (Lipinski definition) is 3. The Kier molecular flexibility index (Phi) is 3.81. The third kappa shape index (κ3) is 2.71. The SMILES string of the molecule is CC(C)C(N)C(=O)OC1=CCc2c(ccc3c4c(ccc23)=CC=C4)=C1. The first-order chi connectivity index (χ1) is 12.0. The summed E-state index contributed by atoms with van der Waals surface area (Å²) in [6.07, 6.45) is 11.0. The molecule has 1 unspecified atom stereocenters. The molecule has 0 bridgehead atoms. The molecule has 2 aromatic rings. The molecule has 0 heterocycles. The van der Waals surface area contributed by atoms with Crippen LogP contribution in [-0.2, 0) is 16.0 Å². The monoisotopic (exact) mass is 331 g/mol. The van der Waals surface area contributed by atoms with Crippen LogP contribution in [0.25, 0.3) is 29.0 Å². The maximum atomic E-state index is 12.1. The van der Waals surface area contributed by atoms with Gasteiger partial charge < -0.3 is 10.5 Å². The number of allylic oxidation sites excluding steroid dienone is 3. The van der Waals surface area contributed by atoms with E-state index in [2.05, 4.69) is 42.5 Å². The van der Waals surface area contributed by atoms with Gasteiger partial charge in [0, 0.05) is 0 Å². The van der Waals surface area contributed by atoms with Crippen molar-refractivity contribution in [2.24, 2.45) is 11.7 Å². The molecule has 2 aliphatic carbocycles. The Morgan fingerprint density at radius 3 is 2.68 bits per heavy atom. The summed E-state index contributed by atoms with van der Waals surface area (Å²) in [6.45, 7) is 3.83. The van der Waals surface area contributed by atoms with Gasteiger partial charge in [0.15, 0.2) is 0 Å². The van der Waals surface area contributed by atoms with Crippen molar-refractivity contribution in [2.45, 2.75) is 26.3 Å². The van der Waals surface area contributed by atoms with Gasteiger partial charge in [0.1, 0.15) is 11.8 Å². The molecule has 2 aliphatic rings. The fourth-order valence-corrected chi connectivity index (χ4v) is 3.41. The molecule has 126 valence electrons. The van der Waals surface area contributed by atoms with Gasteiger partial charge >= 0.3 is 5.97 Å². The molecule has 0 radical (unpaired) electrons. The molecule has 25 heavy (non-hydrogen) atoms. The lowest BCUT2D eigenvalue weighted by Crippen LogP contribution is -2.37. The number of carbonyl (C=O) groups excluding carboxylic acids is 1. The summed E-state index contributed by atoms with van der Waals surface area (Å²) in [5, 5.41) is 4.89. The van der Waals surface area contributed by atoms with Crippen LogP contribution in [-0.4, -0.2) is 12.0 Å². The highest BCUT2D eigenvalue weighted by atomic mass is 16.5. The van der Waals surface area contributed by atoms with E-state index in [0.717, 1.165) is 11.6 Å². The van der Waals surface area contributed by atoms with Crippen LogP contribution in [0.5, 0.6) is 0 Å². The first-order valence-corrected chi connectivity index (χ1v) is 8.67. The molecule has 0 amide bonds. The Bertz CT molecular complexity index is 1060. The fourth-order valence-electron chi connectivity index (χ4n) is 3.41. The smallest absolute Gasteiger partial charge is 0.328 e. The quantitative estimate of drug-likeness (QED) is 0.879. The van der Waals surface area contributed by atoms with Crippen molar-refractivity contribution >= 4 is 35.0 Å². The van der Waals surface area contributed by atoms with Crippen LogP contribution in [0.4, 0.5) is 0 Å². The van der Waals surface area contributed by atoms with Gasteiger partial charge in [-0.05, 0) is 56.8 Å². The minimum atomic E-state index is -0.599. The number of carbonyl (C=O) groups is 1. The number of esters is 1. The maximum Gasteiger partial charge on any atom is 0.328 e. The predicted molar refractivity (Wildman–Crippen MR) is 102 cm³/mol. The van der Waals surface area contributed by atoms with Gasteiger partial charge in [0.05, 0.1) is 0 Å². The average Bonchev–Trinajstić information content (AvgIpc) is 3.09. The Morgan fingerprint density at radius 1 is 1.12 bits per heavy atom. The number of rotatable bonds is 3. The highest BCUT2D eigenvalue weighted by Crippen LogP contribution is 2.23. The molecule has 0 saturated carbocycles. The topological polar surface area (TPSA) is 52.3 Å². The zero-order valence-corrected chi connectivity index (χ0v) is 14.5. The van der Waals surface area contributed by atoms with Crippen molar-refractivity contribution in [1.82, 2.24) is 0 Å². The summed E-state index contributed by atoms with van der Waals surface area (Å²) < 4.78 is 5.48. The molecule has 0 spiro atoms. The van der Waals surface area contributed by atoms with Gasteiger partial charge in [-0.15, -0.1) is 0 Å². The van der Waals surface area contributed by atoms with Crippen molar-refractivity contribution in [3.63, 3.8) is 0 Å². The van der Waals surface area contributed by atoms with Gasteiger partial charge in [-0.2, -0.15) is 0 Å². The normalized spacial score (nSPS) is 15.9. The molecule has 0 aromatic heterocycles. The van der Waals surface area contributed by atoms with Crippen LogP contribution in [0.3, 0.4) is 0 Å². The van der Waals surface area contributed by atoms with E-state index in [9.17, 15) is 4.79 Å². The summed E-state index contributed by atoms with van der Waals surface area (Å²) in [5.41, 5.74) is 8.43. The second kappa shape index (κ2) is 6.01. The zero-order valence-electron chi connectivity index (χ0n) is 14.5. The van der Waals surface area contributed by atoms with Gasteiger partial charge in [-0.25, -0.2) is 4.79 Å². The number of fused-ring (bicyclic) bond motifs is 5. The van der Waals surface area contributed by atoms with Crippen LogP contribution in [0.1, 0.15) is 25.0 Å². The molecule has 1 atom stereocenters. The van der Waals surface area contributed by atoms with Gasteiger partial charge in [-0.1, -0.05) is 56.3 Å². The zero-order chi connectivity index (χ0) is 17.6. The fraction of sp³-hybridized carbons (Fsp3) is 0.227. The van der Waals surface area contributed by atoms with Crippen molar-refractivity contribution in [2.75, 3.05) is 0 Å². The molecule has 0 saturated heterocycles. The highest BCUT2D eigenvalue weighted by Gasteiger charge is 2.20. The summed E-state index contributed by atoms with van der Waals surface area (Å²) in [4.78, 5) is 12.1. The second-order valence-corrected chi connectivity index (χ2v) is 6.97. The van der Waals surface area contributed by atoms with E-state index < -0.39 is 6.04 Å². The van der Waals surface area contributed by atoms with Crippen molar-refractivity contribution < 1.29 is 9.53 Å². The lowest BCUT2D eigenvalue weighted by Gasteiger charge is -2.17. The molecule has 3 nitrogen and oxygen atoms in total. The van der Waals surface area contributed by atoms with Crippen LogP contribution < -0.4 is 16.2 Å². The van der Waals surface area contributed by atoms with E-state index >= 15 is 0 Å². The minimum absolute atomic E-state index is 0.0554. The van der Waals surface area contributed by atoms with Gasteiger partial charge in [0.2, 0.25) is 0 Å². The Balaban J connectivity index is 1.71. The van der Waals surface area contributed by atoms with E-state index in [0.29, 0.717) is 5.76 Å². The molecular weight excluding hydrogens is 310 g/mol. The molecule has 2 aromatic carbocycles. The summed E-state index contributed by atoms with van der Waals surface area (Å²) in [5.74, 6) is 0.266. The van der Waals surface area contributed by atoms with Gasteiger partial charge in [-0.3, -0.25) is 0 Å². The molecule has 3 heteroatoms. The third-order valence-electron chi connectivity index (χ3n) is 4.98. The van der Waals surface area contributed by atoms with E-state index in [-0.39, 0.29) is 11.9 Å². The first kappa shape index (κ1) is 15.9. The van der Waals surface area contributed by atoms with Crippen LogP contribution in [0.2, 0.25) is 0 Å². The lowest BCUT2D eigenvalue weighted by molar-refractivity contribution is -0.141. The van der Waals surface area contributed by atoms with E-state index in [1.165, 1.54) is 27.1 Å². The second-order valence-electron chi connectivity index (χ2n) is 6.97. The molecular formula is C22H21NO2. The molecule has 0 fully saturated rings. The van der Waals surface area contributed by atoms with Crippen LogP contribution in [0, 0.1) is 5.92 Å². The van der Waals surface area contributed by atoms with Gasteiger partial charge in [0.25, 0.3) is 0 Å². The standard InChI is InChI=1S/C22H21NO2/c1-13(2)21(23)22(24)25-16-8-11-18-15(12-16)7-10-19-17-5-3-4-14(17)6-9-20(18)19/h3-10,12-13,21H,11,23H2,1-2H3. The number of nitrogens with two attached hydrogens (primary N) is 1. The maximum absolute atomic E-state index is 12.1.